The number of nitrogens with zero attached hydrogens (tertiary/aromatic N) is 2. The van der Waals surface area contributed by atoms with Crippen molar-refractivity contribution in [2.75, 3.05) is 0 Å². The third-order valence-electron chi connectivity index (χ3n) is 3.38. The number of benzene rings is 1. The van der Waals surface area contributed by atoms with E-state index < -0.39 is 0 Å². The van der Waals surface area contributed by atoms with Gasteiger partial charge in [0, 0.05) is 6.20 Å². The number of rotatable bonds is 2. The molecule has 0 aliphatic heterocycles. The highest BCUT2D eigenvalue weighted by atomic mass is 32.1. The number of hydrogen-bond acceptors (Lipinski definition) is 2. The summed E-state index contributed by atoms with van der Waals surface area (Å²) in [6.07, 6.45) is 1.82. The highest BCUT2D eigenvalue weighted by molar-refractivity contribution is 7.71. The zero-order chi connectivity index (χ0) is 13.4. The Bertz CT molecular complexity index is 771. The van der Waals surface area contributed by atoms with Gasteiger partial charge in [-0.1, -0.05) is 12.1 Å². The normalized spacial score (nSPS) is 12.7. The maximum Gasteiger partial charge on any atom is 0.178 e. The number of hydrogen-bond donors (Lipinski definition) is 1. The first-order valence-corrected chi connectivity index (χ1v) is 6.69. The van der Waals surface area contributed by atoms with E-state index >= 15 is 0 Å². The quantitative estimate of drug-likeness (QED) is 0.713. The van der Waals surface area contributed by atoms with Crippen molar-refractivity contribution in [1.29, 1.82) is 0 Å². The average molecular weight is 269 g/mol. The molecular weight excluding hydrogens is 254 g/mol. The molecule has 0 saturated carbocycles. The standard InChI is InChI=1S/C15H15N3S/c1-10-6-7-13-14(9-10)18(15(19)17-13)11(2)12-5-3-4-8-16-12/h3-9,11H,1-2H3,(H,17,19). The second-order valence-corrected chi connectivity index (χ2v) is 5.14. The summed E-state index contributed by atoms with van der Waals surface area (Å²) in [6.45, 7) is 4.21. The Labute approximate surface area is 116 Å². The van der Waals surface area contributed by atoms with Crippen LogP contribution in [0.2, 0.25) is 0 Å². The molecule has 0 bridgehead atoms. The zero-order valence-corrected chi connectivity index (χ0v) is 11.7. The SMILES string of the molecule is Cc1ccc2[nH]c(=S)n(C(C)c3ccccn3)c2c1. The number of aryl methyl sites for hydroxylation is 1. The van der Waals surface area contributed by atoms with E-state index in [1.54, 1.807) is 0 Å². The van der Waals surface area contributed by atoms with E-state index in [9.17, 15) is 0 Å². The maximum absolute atomic E-state index is 5.45. The van der Waals surface area contributed by atoms with Gasteiger partial charge in [-0.3, -0.25) is 4.98 Å². The Hall–Kier alpha value is -1.94. The van der Waals surface area contributed by atoms with Crippen molar-refractivity contribution in [3.8, 4) is 0 Å². The average Bonchev–Trinajstić information content (AvgIpc) is 2.74. The predicted octanol–water partition coefficient (Wildman–Crippen LogP) is 4.01. The summed E-state index contributed by atoms with van der Waals surface area (Å²) in [5.74, 6) is 0. The van der Waals surface area contributed by atoms with Crippen LogP contribution in [0.5, 0.6) is 0 Å². The van der Waals surface area contributed by atoms with Crippen molar-refractivity contribution in [3.63, 3.8) is 0 Å². The highest BCUT2D eigenvalue weighted by Crippen LogP contribution is 2.23. The summed E-state index contributed by atoms with van der Waals surface area (Å²) in [5.41, 5.74) is 4.44. The summed E-state index contributed by atoms with van der Waals surface area (Å²) >= 11 is 5.45. The molecule has 3 aromatic rings. The van der Waals surface area contributed by atoms with Crippen LogP contribution in [0, 0.1) is 11.7 Å². The first kappa shape index (κ1) is 12.1. The van der Waals surface area contributed by atoms with Gasteiger partial charge in [0.05, 0.1) is 22.8 Å². The van der Waals surface area contributed by atoms with E-state index in [0.29, 0.717) is 0 Å². The monoisotopic (exact) mass is 269 g/mol. The number of imidazole rings is 1. The fourth-order valence-electron chi connectivity index (χ4n) is 2.37. The van der Waals surface area contributed by atoms with Gasteiger partial charge in [-0.25, -0.2) is 0 Å². The molecular formula is C15H15N3S. The molecule has 2 heterocycles. The van der Waals surface area contributed by atoms with Crippen molar-refractivity contribution < 1.29 is 0 Å². The van der Waals surface area contributed by atoms with E-state index in [2.05, 4.69) is 46.6 Å². The number of pyridine rings is 1. The minimum atomic E-state index is 0.115. The molecule has 0 aliphatic carbocycles. The predicted molar refractivity (Wildman–Crippen MR) is 79.9 cm³/mol. The lowest BCUT2D eigenvalue weighted by Gasteiger charge is -2.14. The Morgan fingerprint density at radius 3 is 2.84 bits per heavy atom. The molecule has 0 fully saturated rings. The minimum Gasteiger partial charge on any atom is -0.331 e. The maximum atomic E-state index is 5.45. The molecule has 0 spiro atoms. The topological polar surface area (TPSA) is 33.6 Å². The molecule has 0 aliphatic rings. The van der Waals surface area contributed by atoms with Crippen LogP contribution in [0.15, 0.2) is 42.6 Å². The molecule has 0 saturated heterocycles. The first-order valence-electron chi connectivity index (χ1n) is 6.28. The molecule has 3 nitrogen and oxygen atoms in total. The molecule has 4 heteroatoms. The van der Waals surface area contributed by atoms with Crippen molar-refractivity contribution in [2.24, 2.45) is 0 Å². The largest absolute Gasteiger partial charge is 0.331 e. The van der Waals surface area contributed by atoms with Crippen LogP contribution in [0.4, 0.5) is 0 Å². The summed E-state index contributed by atoms with van der Waals surface area (Å²) in [6, 6.07) is 12.4. The molecule has 1 unspecified atom stereocenters. The van der Waals surface area contributed by atoms with Gasteiger partial charge in [-0.2, -0.15) is 0 Å². The van der Waals surface area contributed by atoms with Crippen LogP contribution >= 0.6 is 12.2 Å². The molecule has 1 N–H and O–H groups in total. The van der Waals surface area contributed by atoms with E-state index in [1.807, 2.05) is 24.4 Å². The second-order valence-electron chi connectivity index (χ2n) is 4.75. The second kappa shape index (κ2) is 4.63. The summed E-state index contributed by atoms with van der Waals surface area (Å²) in [7, 11) is 0. The molecule has 0 amide bonds. The molecule has 19 heavy (non-hydrogen) atoms. The van der Waals surface area contributed by atoms with Crippen molar-refractivity contribution in [1.82, 2.24) is 14.5 Å². The third kappa shape index (κ3) is 2.08. The lowest BCUT2D eigenvalue weighted by atomic mass is 10.2. The Morgan fingerprint density at radius 1 is 1.26 bits per heavy atom. The molecule has 1 atom stereocenters. The van der Waals surface area contributed by atoms with Gasteiger partial charge in [0.15, 0.2) is 4.77 Å². The van der Waals surface area contributed by atoms with Gasteiger partial charge in [0.1, 0.15) is 0 Å². The molecule has 3 rings (SSSR count). The van der Waals surface area contributed by atoms with E-state index in [4.69, 9.17) is 12.2 Å². The van der Waals surface area contributed by atoms with Gasteiger partial charge in [-0.05, 0) is 55.9 Å². The smallest absolute Gasteiger partial charge is 0.178 e. The number of H-pyrrole nitrogens is 1. The molecule has 2 aromatic heterocycles. The Kier molecular flexibility index (Phi) is 2.95. The van der Waals surface area contributed by atoms with E-state index in [0.717, 1.165) is 21.5 Å². The van der Waals surface area contributed by atoms with E-state index in [1.165, 1.54) is 5.56 Å². The minimum absolute atomic E-state index is 0.115. The fourth-order valence-corrected chi connectivity index (χ4v) is 2.74. The van der Waals surface area contributed by atoms with Crippen molar-refractivity contribution in [3.05, 3.63) is 58.6 Å². The van der Waals surface area contributed by atoms with Gasteiger partial charge < -0.3 is 9.55 Å². The van der Waals surface area contributed by atoms with Crippen LogP contribution in [0.3, 0.4) is 0 Å². The van der Waals surface area contributed by atoms with Crippen LogP contribution < -0.4 is 0 Å². The van der Waals surface area contributed by atoms with Crippen LogP contribution in [0.25, 0.3) is 11.0 Å². The van der Waals surface area contributed by atoms with Gasteiger partial charge in [0.2, 0.25) is 0 Å². The first-order chi connectivity index (χ1) is 9.16. The van der Waals surface area contributed by atoms with Crippen LogP contribution in [-0.2, 0) is 0 Å². The summed E-state index contributed by atoms with van der Waals surface area (Å²) in [5, 5.41) is 0. The molecule has 0 radical (unpaired) electrons. The highest BCUT2D eigenvalue weighted by Gasteiger charge is 2.13. The zero-order valence-electron chi connectivity index (χ0n) is 10.9. The Balaban J connectivity index is 2.22. The lowest BCUT2D eigenvalue weighted by molar-refractivity contribution is 0.630. The van der Waals surface area contributed by atoms with Gasteiger partial charge in [-0.15, -0.1) is 0 Å². The third-order valence-corrected chi connectivity index (χ3v) is 3.68. The summed E-state index contributed by atoms with van der Waals surface area (Å²) < 4.78 is 2.86. The number of aromatic amines is 1. The molecule has 96 valence electrons. The van der Waals surface area contributed by atoms with Crippen molar-refractivity contribution in [2.45, 2.75) is 19.9 Å². The van der Waals surface area contributed by atoms with Crippen LogP contribution in [0.1, 0.15) is 24.2 Å². The summed E-state index contributed by atoms with van der Waals surface area (Å²) in [4.78, 5) is 7.68. The van der Waals surface area contributed by atoms with Crippen LogP contribution in [-0.4, -0.2) is 14.5 Å². The molecule has 1 aromatic carbocycles. The lowest BCUT2D eigenvalue weighted by Crippen LogP contribution is -2.08. The van der Waals surface area contributed by atoms with Gasteiger partial charge >= 0.3 is 0 Å². The van der Waals surface area contributed by atoms with Gasteiger partial charge in [0.25, 0.3) is 0 Å². The fraction of sp³-hybridized carbons (Fsp3) is 0.200. The Morgan fingerprint density at radius 2 is 2.11 bits per heavy atom. The van der Waals surface area contributed by atoms with E-state index in [-0.39, 0.29) is 6.04 Å². The number of fused-ring (bicyclic) bond motifs is 1. The number of aromatic nitrogens is 3. The van der Waals surface area contributed by atoms with Crippen molar-refractivity contribution >= 4 is 23.3 Å². The number of nitrogens with one attached hydrogen (secondary N) is 1.